The van der Waals surface area contributed by atoms with Crippen molar-refractivity contribution in [3.8, 4) is 0 Å². The number of imidazole rings is 1. The monoisotopic (exact) mass is 300 g/mol. The number of benzene rings is 1. The lowest BCUT2D eigenvalue weighted by molar-refractivity contribution is -0.123. The third-order valence-corrected chi connectivity index (χ3v) is 4.54. The third kappa shape index (κ3) is 3.30. The number of fused-ring (bicyclic) bond motifs is 1. The molecule has 5 nitrogen and oxygen atoms in total. The Bertz CT molecular complexity index is 612. The summed E-state index contributed by atoms with van der Waals surface area (Å²) in [6.45, 7) is 2.42. The van der Waals surface area contributed by atoms with E-state index in [1.54, 1.807) is 0 Å². The molecule has 22 heavy (non-hydrogen) atoms. The second-order valence-corrected chi connectivity index (χ2v) is 6.28. The summed E-state index contributed by atoms with van der Waals surface area (Å²) in [6.07, 6.45) is 4.99. The first kappa shape index (κ1) is 15.0. The molecule has 1 aliphatic carbocycles. The fraction of sp³-hybridized carbons (Fsp3) is 0.529. The number of carbonyl (C=O) groups excluding carboxylic acids is 1. The Morgan fingerprint density at radius 1 is 1.41 bits per heavy atom. The highest BCUT2D eigenvalue weighted by molar-refractivity contribution is 5.79. The van der Waals surface area contributed by atoms with Gasteiger partial charge in [0, 0.05) is 6.04 Å². The number of rotatable bonds is 5. The van der Waals surface area contributed by atoms with E-state index in [0.717, 1.165) is 16.9 Å². The van der Waals surface area contributed by atoms with E-state index in [1.165, 1.54) is 25.7 Å². The maximum Gasteiger partial charge on any atom is 0.234 e. The second kappa shape index (κ2) is 6.48. The molecule has 0 spiro atoms. The number of hydrogen-bond donors (Lipinski definition) is 2. The minimum atomic E-state index is -0.114. The van der Waals surface area contributed by atoms with Crippen molar-refractivity contribution >= 4 is 16.9 Å². The summed E-state index contributed by atoms with van der Waals surface area (Å²) < 4.78 is 0. The summed E-state index contributed by atoms with van der Waals surface area (Å²) in [5.74, 6) is 0.862. The normalized spacial score (nSPS) is 17.2. The van der Waals surface area contributed by atoms with Crippen LogP contribution in [0.4, 0.5) is 0 Å². The summed E-state index contributed by atoms with van der Waals surface area (Å²) in [7, 11) is 2.04. The molecule has 0 radical (unpaired) electrons. The molecule has 1 saturated carbocycles. The predicted octanol–water partition coefficient (Wildman–Crippen LogP) is 2.61. The number of amides is 1. The lowest BCUT2D eigenvalue weighted by atomic mass is 10.2. The SMILES string of the molecule is C[C@@H](NC(=O)CN(C)C1CCCC1)c1nc2ccccc2[nH]1. The van der Waals surface area contributed by atoms with Gasteiger partial charge in [-0.3, -0.25) is 9.69 Å². The number of nitrogens with zero attached hydrogens (tertiary/aromatic N) is 2. The van der Waals surface area contributed by atoms with Gasteiger partial charge in [0.1, 0.15) is 5.82 Å². The van der Waals surface area contributed by atoms with Gasteiger partial charge in [-0.15, -0.1) is 0 Å². The smallest absolute Gasteiger partial charge is 0.234 e. The molecule has 1 aromatic heterocycles. The summed E-state index contributed by atoms with van der Waals surface area (Å²) in [6, 6.07) is 8.35. The van der Waals surface area contributed by atoms with E-state index in [4.69, 9.17) is 0 Å². The molecule has 1 atom stereocenters. The van der Waals surface area contributed by atoms with E-state index in [0.29, 0.717) is 12.6 Å². The van der Waals surface area contributed by atoms with Crippen LogP contribution in [0.25, 0.3) is 11.0 Å². The quantitative estimate of drug-likeness (QED) is 0.892. The van der Waals surface area contributed by atoms with Crippen LogP contribution in [0.15, 0.2) is 24.3 Å². The van der Waals surface area contributed by atoms with Gasteiger partial charge in [0.15, 0.2) is 0 Å². The van der Waals surface area contributed by atoms with Gasteiger partial charge < -0.3 is 10.3 Å². The molecular weight excluding hydrogens is 276 g/mol. The number of H-pyrrole nitrogens is 1. The third-order valence-electron chi connectivity index (χ3n) is 4.54. The van der Waals surface area contributed by atoms with Crippen molar-refractivity contribution in [1.29, 1.82) is 0 Å². The Morgan fingerprint density at radius 2 is 2.14 bits per heavy atom. The molecular formula is C17H24N4O. The molecule has 1 aliphatic rings. The van der Waals surface area contributed by atoms with Crippen LogP contribution in [0.1, 0.15) is 44.5 Å². The zero-order chi connectivity index (χ0) is 15.5. The first-order valence-corrected chi connectivity index (χ1v) is 8.08. The molecule has 0 saturated heterocycles. The number of aromatic nitrogens is 2. The van der Waals surface area contributed by atoms with Crippen molar-refractivity contribution in [2.45, 2.75) is 44.7 Å². The Labute approximate surface area is 131 Å². The molecule has 1 aromatic carbocycles. The van der Waals surface area contributed by atoms with Crippen molar-refractivity contribution in [3.05, 3.63) is 30.1 Å². The lowest BCUT2D eigenvalue weighted by Crippen LogP contribution is -2.40. The Kier molecular flexibility index (Phi) is 4.43. The van der Waals surface area contributed by atoms with Gasteiger partial charge in [0.2, 0.25) is 5.91 Å². The van der Waals surface area contributed by atoms with Crippen LogP contribution < -0.4 is 5.32 Å². The average Bonchev–Trinajstić information content (AvgIpc) is 3.16. The van der Waals surface area contributed by atoms with Crippen LogP contribution in [-0.2, 0) is 4.79 Å². The molecule has 2 aromatic rings. The lowest BCUT2D eigenvalue weighted by Gasteiger charge is -2.24. The highest BCUT2D eigenvalue weighted by Crippen LogP contribution is 2.22. The summed E-state index contributed by atoms with van der Waals surface area (Å²) >= 11 is 0. The second-order valence-electron chi connectivity index (χ2n) is 6.28. The zero-order valence-electron chi connectivity index (χ0n) is 13.3. The summed E-state index contributed by atoms with van der Waals surface area (Å²) in [5, 5.41) is 3.04. The minimum absolute atomic E-state index is 0.0577. The Morgan fingerprint density at radius 3 is 2.86 bits per heavy atom. The number of aromatic amines is 1. The van der Waals surface area contributed by atoms with Gasteiger partial charge in [0.05, 0.1) is 23.6 Å². The highest BCUT2D eigenvalue weighted by Gasteiger charge is 2.22. The first-order valence-electron chi connectivity index (χ1n) is 8.08. The number of para-hydroxylation sites is 2. The molecule has 1 fully saturated rings. The van der Waals surface area contributed by atoms with Crippen molar-refractivity contribution in [2.24, 2.45) is 0 Å². The molecule has 118 valence electrons. The van der Waals surface area contributed by atoms with Crippen LogP contribution in [0, 0.1) is 0 Å². The van der Waals surface area contributed by atoms with E-state index in [2.05, 4.69) is 20.2 Å². The van der Waals surface area contributed by atoms with Crippen molar-refractivity contribution in [3.63, 3.8) is 0 Å². The standard InChI is InChI=1S/C17H24N4O/c1-12(17-19-14-9-5-6-10-15(14)20-17)18-16(22)11-21(2)13-7-3-4-8-13/h5-6,9-10,12-13H,3-4,7-8,11H2,1-2H3,(H,18,22)(H,19,20)/t12-/m1/s1. The number of nitrogens with one attached hydrogen (secondary N) is 2. The number of likely N-dealkylation sites (N-methyl/N-ethyl adjacent to an activating group) is 1. The maximum atomic E-state index is 12.2. The fourth-order valence-electron chi connectivity index (χ4n) is 3.23. The van der Waals surface area contributed by atoms with E-state index in [9.17, 15) is 4.79 Å². The molecule has 1 amide bonds. The first-order chi connectivity index (χ1) is 10.6. The van der Waals surface area contributed by atoms with Crippen LogP contribution in [0.3, 0.4) is 0 Å². The maximum absolute atomic E-state index is 12.2. The van der Waals surface area contributed by atoms with E-state index in [1.807, 2.05) is 38.2 Å². The predicted molar refractivity (Wildman–Crippen MR) is 87.5 cm³/mol. The largest absolute Gasteiger partial charge is 0.345 e. The topological polar surface area (TPSA) is 61.0 Å². The Balaban J connectivity index is 1.58. The van der Waals surface area contributed by atoms with E-state index in [-0.39, 0.29) is 11.9 Å². The molecule has 1 heterocycles. The molecule has 3 rings (SSSR count). The van der Waals surface area contributed by atoms with E-state index < -0.39 is 0 Å². The molecule has 5 heteroatoms. The van der Waals surface area contributed by atoms with Crippen LogP contribution in [0.5, 0.6) is 0 Å². The molecule has 0 unspecified atom stereocenters. The van der Waals surface area contributed by atoms with Gasteiger partial charge in [-0.05, 0) is 38.9 Å². The molecule has 2 N–H and O–H groups in total. The highest BCUT2D eigenvalue weighted by atomic mass is 16.2. The van der Waals surface area contributed by atoms with Gasteiger partial charge in [0.25, 0.3) is 0 Å². The van der Waals surface area contributed by atoms with Crippen molar-refractivity contribution < 1.29 is 4.79 Å². The number of hydrogen-bond acceptors (Lipinski definition) is 3. The van der Waals surface area contributed by atoms with Crippen LogP contribution >= 0.6 is 0 Å². The van der Waals surface area contributed by atoms with Gasteiger partial charge in [-0.2, -0.15) is 0 Å². The zero-order valence-corrected chi connectivity index (χ0v) is 13.3. The molecule has 0 aliphatic heterocycles. The van der Waals surface area contributed by atoms with Crippen molar-refractivity contribution in [1.82, 2.24) is 20.2 Å². The average molecular weight is 300 g/mol. The summed E-state index contributed by atoms with van der Waals surface area (Å²) in [5.41, 5.74) is 1.93. The van der Waals surface area contributed by atoms with Gasteiger partial charge >= 0.3 is 0 Å². The molecule has 0 bridgehead atoms. The number of carbonyl (C=O) groups is 1. The van der Waals surface area contributed by atoms with Crippen molar-refractivity contribution in [2.75, 3.05) is 13.6 Å². The van der Waals surface area contributed by atoms with Gasteiger partial charge in [-0.1, -0.05) is 25.0 Å². The fourth-order valence-corrected chi connectivity index (χ4v) is 3.23. The summed E-state index contributed by atoms with van der Waals surface area (Å²) in [4.78, 5) is 22.2. The van der Waals surface area contributed by atoms with Crippen LogP contribution in [0.2, 0.25) is 0 Å². The van der Waals surface area contributed by atoms with Gasteiger partial charge in [-0.25, -0.2) is 4.98 Å². The Hall–Kier alpha value is -1.88. The minimum Gasteiger partial charge on any atom is -0.345 e. The van der Waals surface area contributed by atoms with Crippen LogP contribution in [-0.4, -0.2) is 40.4 Å². The van der Waals surface area contributed by atoms with E-state index >= 15 is 0 Å².